The zero-order valence-electron chi connectivity index (χ0n) is 23.8. The summed E-state index contributed by atoms with van der Waals surface area (Å²) < 4.78 is 11.9. The van der Waals surface area contributed by atoms with Gasteiger partial charge in [-0.05, 0) is 62.1 Å². The van der Waals surface area contributed by atoms with Crippen LogP contribution in [0.15, 0.2) is 42.0 Å². The third-order valence-electron chi connectivity index (χ3n) is 7.49. The maximum atomic E-state index is 13.0. The van der Waals surface area contributed by atoms with Gasteiger partial charge in [-0.1, -0.05) is 45.6 Å². The minimum Gasteiger partial charge on any atom is -0.457 e. The summed E-state index contributed by atoms with van der Waals surface area (Å²) in [4.78, 5) is 31.7. The number of aliphatic hydroxyl groups is 1. The Kier molecular flexibility index (Phi) is 12.5. The Morgan fingerprint density at radius 1 is 1.13 bits per heavy atom. The van der Waals surface area contributed by atoms with Gasteiger partial charge in [0.2, 0.25) is 0 Å². The largest absolute Gasteiger partial charge is 0.457 e. The van der Waals surface area contributed by atoms with Gasteiger partial charge in [0.05, 0.1) is 12.5 Å². The monoisotopic (exact) mass is 543 g/mol. The van der Waals surface area contributed by atoms with E-state index in [9.17, 15) is 14.7 Å². The molecule has 2 aliphatic heterocycles. The Bertz CT molecular complexity index is 1000. The zero-order valence-corrected chi connectivity index (χ0v) is 23.8. The maximum absolute atomic E-state index is 13.0. The van der Waals surface area contributed by atoms with Crippen molar-refractivity contribution in [2.75, 3.05) is 52.2 Å². The molecule has 0 aliphatic carbocycles. The van der Waals surface area contributed by atoms with Gasteiger partial charge in [-0.15, -0.1) is 0 Å². The molecule has 2 heterocycles. The summed E-state index contributed by atoms with van der Waals surface area (Å²) in [5.74, 6) is -0.589. The number of likely N-dealkylation sites (N-methyl/N-ethyl adjacent to an activating group) is 1. The van der Waals surface area contributed by atoms with E-state index in [1.165, 1.54) is 0 Å². The lowest BCUT2D eigenvalue weighted by Gasteiger charge is -2.33. The van der Waals surface area contributed by atoms with Crippen LogP contribution in [0.2, 0.25) is 0 Å². The molecule has 1 fully saturated rings. The van der Waals surface area contributed by atoms with E-state index in [4.69, 9.17) is 9.47 Å². The molecule has 0 aromatic heterocycles. The number of carbonyl (C=O) groups is 2. The predicted octanol–water partition coefficient (Wildman–Crippen LogP) is 4.83. The van der Waals surface area contributed by atoms with Crippen molar-refractivity contribution in [1.82, 2.24) is 9.80 Å². The fourth-order valence-corrected chi connectivity index (χ4v) is 4.87. The van der Waals surface area contributed by atoms with E-state index in [-0.39, 0.29) is 31.8 Å². The summed E-state index contributed by atoms with van der Waals surface area (Å²) in [6.07, 6.45) is 4.88. The van der Waals surface area contributed by atoms with Crippen molar-refractivity contribution in [3.63, 3.8) is 0 Å². The first-order valence-electron chi connectivity index (χ1n) is 13.7. The Morgan fingerprint density at radius 2 is 1.82 bits per heavy atom. The number of hydrogen-bond acceptors (Lipinski definition) is 7. The van der Waals surface area contributed by atoms with Gasteiger partial charge in [-0.25, -0.2) is 4.79 Å². The zero-order chi connectivity index (χ0) is 27.8. The number of benzene rings is 1. The minimum absolute atomic E-state index is 0. The quantitative estimate of drug-likeness (QED) is 0.430. The molecule has 1 N–H and O–H groups in total. The molecular weight excluding hydrogens is 494 g/mol. The molecule has 1 aromatic rings. The van der Waals surface area contributed by atoms with Crippen LogP contribution in [0, 0.1) is 11.8 Å². The summed E-state index contributed by atoms with van der Waals surface area (Å²) in [7, 11) is 6.04. The van der Waals surface area contributed by atoms with E-state index in [0.29, 0.717) is 25.9 Å². The molecule has 218 valence electrons. The van der Waals surface area contributed by atoms with E-state index in [2.05, 4.69) is 11.0 Å². The molecule has 8 heteroatoms. The number of piperazine rings is 1. The van der Waals surface area contributed by atoms with E-state index >= 15 is 0 Å². The van der Waals surface area contributed by atoms with Gasteiger partial charge in [0, 0.05) is 51.9 Å². The van der Waals surface area contributed by atoms with Crippen LogP contribution in [0.1, 0.15) is 53.0 Å². The maximum Gasteiger partial charge on any atom is 0.410 e. The average Bonchev–Trinajstić information content (AvgIpc) is 2.87. The Morgan fingerprint density at radius 3 is 2.49 bits per heavy atom. The lowest BCUT2D eigenvalue weighted by Crippen LogP contribution is -2.48. The van der Waals surface area contributed by atoms with Crippen molar-refractivity contribution < 1.29 is 24.2 Å². The Labute approximate surface area is 235 Å². The van der Waals surface area contributed by atoms with Crippen molar-refractivity contribution in [3.05, 3.63) is 47.6 Å². The third-order valence-corrected chi connectivity index (χ3v) is 7.49. The molecule has 1 amide bonds. The predicted molar refractivity (Wildman–Crippen MR) is 158 cm³/mol. The van der Waals surface area contributed by atoms with Crippen molar-refractivity contribution in [2.45, 2.75) is 65.8 Å². The van der Waals surface area contributed by atoms with Crippen LogP contribution in [0.3, 0.4) is 0 Å². The van der Waals surface area contributed by atoms with Crippen molar-refractivity contribution in [3.8, 4) is 0 Å². The number of hydrogen-bond donors (Lipinski definition) is 1. The van der Waals surface area contributed by atoms with Crippen LogP contribution >= 0.6 is 0 Å². The molecule has 5 atom stereocenters. The first kappa shape index (κ1) is 32.4. The molecule has 1 saturated heterocycles. The number of rotatable bonds is 4. The number of ether oxygens (including phenoxy) is 2. The topological polar surface area (TPSA) is 82.5 Å². The summed E-state index contributed by atoms with van der Waals surface area (Å²) in [5, 5.41) is 10.5. The van der Waals surface area contributed by atoms with Crippen LogP contribution in [0.5, 0.6) is 0 Å². The number of cyclic esters (lactones) is 1. The molecule has 39 heavy (non-hydrogen) atoms. The molecule has 2 aliphatic rings. The SMILES string of the molecule is C.C/C(=C\c1cccc(N(C)C)c1)[C@H]1OC(=O)C[C@H](O)CC[C@H](C)[C@@H](OC(=O)N2CCN(C)CC2)/C=C/[C@@H]1C. The summed E-state index contributed by atoms with van der Waals surface area (Å²) >= 11 is 0. The standard InChI is InChI=1S/C30H45N3O5.CH4/c1-21-10-12-26(34)20-28(35)38-29(23(3)18-24-8-7-9-25(19-24)31(4)5)22(2)11-13-27(21)37-30(36)33-16-14-32(6)15-17-33;/h7-9,11,13,18-19,21-22,26-27,29,34H,10,12,14-17,20H2,1-6H3;1H4/b13-11+,23-18+;/t21-,22-,26+,27-,29-;/m0./s1. The second-order valence-corrected chi connectivity index (χ2v) is 11.1. The van der Waals surface area contributed by atoms with E-state index < -0.39 is 24.3 Å². The normalized spacial score (nSPS) is 28.3. The lowest BCUT2D eigenvalue weighted by molar-refractivity contribution is -0.151. The van der Waals surface area contributed by atoms with Gasteiger partial charge < -0.3 is 29.3 Å². The molecule has 0 bridgehead atoms. The van der Waals surface area contributed by atoms with Gasteiger partial charge in [0.1, 0.15) is 12.2 Å². The number of amides is 1. The van der Waals surface area contributed by atoms with E-state index in [1.54, 1.807) is 4.90 Å². The smallest absolute Gasteiger partial charge is 0.410 e. The summed E-state index contributed by atoms with van der Waals surface area (Å²) in [6.45, 7) is 8.91. The highest BCUT2D eigenvalue weighted by atomic mass is 16.6. The first-order chi connectivity index (χ1) is 18.0. The van der Waals surface area contributed by atoms with Crippen LogP contribution < -0.4 is 4.90 Å². The Balaban J connectivity index is 0.00000533. The van der Waals surface area contributed by atoms with E-state index in [0.717, 1.165) is 29.9 Å². The van der Waals surface area contributed by atoms with Crippen LogP contribution in [0.4, 0.5) is 10.5 Å². The van der Waals surface area contributed by atoms with Crippen LogP contribution in [-0.2, 0) is 14.3 Å². The fraction of sp³-hybridized carbons (Fsp3) is 0.613. The number of nitrogens with zero attached hydrogens (tertiary/aromatic N) is 3. The summed E-state index contributed by atoms with van der Waals surface area (Å²) in [5.41, 5.74) is 2.99. The van der Waals surface area contributed by atoms with Gasteiger partial charge in [-0.2, -0.15) is 0 Å². The Hall–Kier alpha value is -2.84. The second kappa shape index (κ2) is 15.1. The third kappa shape index (κ3) is 9.69. The molecule has 0 unspecified atom stereocenters. The molecule has 3 rings (SSSR count). The fourth-order valence-electron chi connectivity index (χ4n) is 4.87. The highest BCUT2D eigenvalue weighted by molar-refractivity contribution is 5.71. The highest BCUT2D eigenvalue weighted by Gasteiger charge is 2.29. The molecule has 8 nitrogen and oxygen atoms in total. The van der Waals surface area contributed by atoms with E-state index in [1.807, 2.05) is 83.2 Å². The molecular formula is C31H49N3O5. The highest BCUT2D eigenvalue weighted by Crippen LogP contribution is 2.26. The minimum atomic E-state index is -0.806. The lowest BCUT2D eigenvalue weighted by atomic mass is 9.91. The second-order valence-electron chi connectivity index (χ2n) is 11.1. The number of carbonyl (C=O) groups excluding carboxylic acids is 2. The molecule has 0 spiro atoms. The van der Waals surface area contributed by atoms with Gasteiger partial charge >= 0.3 is 12.1 Å². The number of esters is 1. The molecule has 0 saturated carbocycles. The molecule has 0 radical (unpaired) electrons. The van der Waals surface area contributed by atoms with Crippen molar-refractivity contribution >= 4 is 23.8 Å². The first-order valence-corrected chi connectivity index (χ1v) is 13.7. The van der Waals surface area contributed by atoms with Crippen molar-refractivity contribution in [1.29, 1.82) is 0 Å². The van der Waals surface area contributed by atoms with Gasteiger partial charge in [0.15, 0.2) is 0 Å². The average molecular weight is 544 g/mol. The number of aliphatic hydroxyl groups excluding tert-OH is 1. The number of anilines is 1. The van der Waals surface area contributed by atoms with Crippen LogP contribution in [0.25, 0.3) is 6.08 Å². The summed E-state index contributed by atoms with van der Waals surface area (Å²) in [6, 6.07) is 8.15. The van der Waals surface area contributed by atoms with Gasteiger partial charge in [0.25, 0.3) is 0 Å². The molecule has 1 aromatic carbocycles. The van der Waals surface area contributed by atoms with Gasteiger partial charge in [-0.3, -0.25) is 4.79 Å². The van der Waals surface area contributed by atoms with Crippen LogP contribution in [-0.4, -0.2) is 92.6 Å². The van der Waals surface area contributed by atoms with Crippen molar-refractivity contribution in [2.24, 2.45) is 11.8 Å².